The van der Waals surface area contributed by atoms with Crippen molar-refractivity contribution in [2.24, 2.45) is 0 Å². The smallest absolute Gasteiger partial charge is 0 e. The van der Waals surface area contributed by atoms with E-state index in [2.05, 4.69) is 0 Å². The van der Waals surface area contributed by atoms with Gasteiger partial charge in [-0.15, -0.1) is 0 Å². The van der Waals surface area contributed by atoms with Crippen molar-refractivity contribution in [2.75, 3.05) is 0 Å². The summed E-state index contributed by atoms with van der Waals surface area (Å²) in [5.41, 5.74) is 0. The molecular formula is H9BiGaInZn. The van der Waals surface area contributed by atoms with Crippen LogP contribution in [0.4, 0.5) is 0 Å². The predicted octanol–water partition coefficient (Wildman–Crippen LogP) is -3.55. The standard InChI is InChI=1S/Bi.Ga.In.Zn.9H. The van der Waals surface area contributed by atoms with Gasteiger partial charge in [-0.2, -0.15) is 0 Å². The maximum atomic E-state index is 0. The molecule has 0 atom stereocenters. The first kappa shape index (κ1) is 27.9. The minimum atomic E-state index is 0. The molecule has 22 valence electrons. The first-order chi connectivity index (χ1) is 0. The van der Waals surface area contributed by atoms with Crippen LogP contribution in [-0.4, -0.2) is 71.8 Å². The van der Waals surface area contributed by atoms with E-state index in [0.29, 0.717) is 0 Å². The molecule has 0 fully saturated rings. The summed E-state index contributed by atoms with van der Waals surface area (Å²) in [5.74, 6) is 0. The second-order valence-corrected chi connectivity index (χ2v) is 0. The minimum absolute atomic E-state index is 0. The van der Waals surface area contributed by atoms with E-state index in [0.717, 1.165) is 0 Å². The molecule has 0 N–H and O–H groups in total. The zero-order valence-electron chi connectivity index (χ0n) is 1.41. The minimum Gasteiger partial charge on any atom is 0 e. The summed E-state index contributed by atoms with van der Waals surface area (Å²) in [5, 5.41) is 0. The normalized spacial score (nSPS) is 0. The summed E-state index contributed by atoms with van der Waals surface area (Å²) in [6.07, 6.45) is 0. The second kappa shape index (κ2) is 16.6. The molecule has 0 aliphatic heterocycles. The van der Waals surface area contributed by atoms with Crippen LogP contribution < -0.4 is 0 Å². The van der Waals surface area contributed by atoms with Crippen molar-refractivity contribution in [3.8, 4) is 0 Å². The van der Waals surface area contributed by atoms with Gasteiger partial charge < -0.3 is 0 Å². The Morgan fingerprint density at radius 1 is 1.00 bits per heavy atom. The third kappa shape index (κ3) is 8.89. The summed E-state index contributed by atoms with van der Waals surface area (Å²) in [6.45, 7) is 0. The van der Waals surface area contributed by atoms with E-state index in [1.54, 1.807) is 0 Å². The van der Waals surface area contributed by atoms with Crippen LogP contribution in [0.25, 0.3) is 0 Å². The molecule has 0 nitrogen and oxygen atoms in total. The molecule has 4 heavy (non-hydrogen) atoms. The van der Waals surface area contributed by atoms with Crippen LogP contribution in [-0.2, 0) is 19.5 Å². The fraction of sp³-hybridized carbons (Fsp3) is 0. The molecule has 0 saturated heterocycles. The van der Waals surface area contributed by atoms with Gasteiger partial charge in [-0.05, 0) is 0 Å². The molecule has 0 amide bonds. The molecule has 0 spiro atoms. The van der Waals surface area contributed by atoms with Crippen LogP contribution in [0.1, 0.15) is 0 Å². The maximum Gasteiger partial charge on any atom is 0 e. The van der Waals surface area contributed by atoms with E-state index in [9.17, 15) is 0 Å². The topological polar surface area (TPSA) is 0 Å². The molecule has 0 aliphatic carbocycles. The van der Waals surface area contributed by atoms with Crippen molar-refractivity contribution < 1.29 is 19.5 Å². The summed E-state index contributed by atoms with van der Waals surface area (Å²) < 4.78 is 0. The van der Waals surface area contributed by atoms with E-state index in [-0.39, 0.29) is 91.3 Å². The van der Waals surface area contributed by atoms with E-state index >= 15 is 0 Å². The van der Waals surface area contributed by atoms with Gasteiger partial charge in [0.1, 0.15) is 0 Å². The van der Waals surface area contributed by atoms with E-state index in [4.69, 9.17) is 0 Å². The summed E-state index contributed by atoms with van der Waals surface area (Å²) in [4.78, 5) is 0. The Bertz CT molecular complexity index is 8.00. The van der Waals surface area contributed by atoms with Gasteiger partial charge >= 0.3 is 71.8 Å². The summed E-state index contributed by atoms with van der Waals surface area (Å²) in [7, 11) is 0. The van der Waals surface area contributed by atoms with Crippen molar-refractivity contribution in [3.63, 3.8) is 0 Å². The number of hydrogen-bond donors (Lipinski definition) is 0. The van der Waals surface area contributed by atoms with Gasteiger partial charge in [0.15, 0.2) is 0 Å². The summed E-state index contributed by atoms with van der Waals surface area (Å²) in [6, 6.07) is 0. The van der Waals surface area contributed by atoms with E-state index in [1.165, 1.54) is 0 Å². The Balaban J connectivity index is 0. The average molecular weight is 468 g/mol. The molecule has 0 aliphatic rings. The van der Waals surface area contributed by atoms with Crippen LogP contribution in [0.15, 0.2) is 0 Å². The summed E-state index contributed by atoms with van der Waals surface area (Å²) >= 11 is 0. The number of hydrogen-bond acceptors (Lipinski definition) is 0. The van der Waals surface area contributed by atoms with Crippen LogP contribution in [0.2, 0.25) is 0 Å². The molecule has 0 aromatic heterocycles. The van der Waals surface area contributed by atoms with Crippen molar-refractivity contribution in [1.82, 2.24) is 0 Å². The third-order valence-corrected chi connectivity index (χ3v) is 0. The Labute approximate surface area is 89.6 Å². The van der Waals surface area contributed by atoms with Crippen molar-refractivity contribution in [3.05, 3.63) is 0 Å². The Morgan fingerprint density at radius 2 is 1.00 bits per heavy atom. The molecule has 0 saturated carbocycles. The van der Waals surface area contributed by atoms with E-state index in [1.807, 2.05) is 0 Å². The first-order valence-electron chi connectivity index (χ1n) is 0. The molecule has 0 unspecified atom stereocenters. The molecule has 0 radical (unpaired) electrons. The molecular weight excluding hydrogens is 459 g/mol. The van der Waals surface area contributed by atoms with Crippen molar-refractivity contribution in [1.29, 1.82) is 0 Å². The molecule has 0 bridgehead atoms. The quantitative estimate of drug-likeness (QED) is 0.324. The van der Waals surface area contributed by atoms with Crippen LogP contribution in [0, 0.1) is 0 Å². The van der Waals surface area contributed by atoms with Gasteiger partial charge in [-0.25, -0.2) is 0 Å². The van der Waals surface area contributed by atoms with Gasteiger partial charge in [-0.1, -0.05) is 0 Å². The fourth-order valence-corrected chi connectivity index (χ4v) is 0. The Kier molecular flexibility index (Phi) is 116. The van der Waals surface area contributed by atoms with Crippen molar-refractivity contribution >= 4 is 71.8 Å². The maximum absolute atomic E-state index is 0. The molecule has 4 heteroatoms. The van der Waals surface area contributed by atoms with Crippen molar-refractivity contribution in [2.45, 2.75) is 0 Å². The second-order valence-electron chi connectivity index (χ2n) is 0. The van der Waals surface area contributed by atoms with Gasteiger partial charge in [0.05, 0.1) is 0 Å². The van der Waals surface area contributed by atoms with Gasteiger partial charge in [-0.3, -0.25) is 0 Å². The third-order valence-electron chi connectivity index (χ3n) is 0. The molecule has 0 aromatic rings. The molecule has 0 rings (SSSR count). The zero-order chi connectivity index (χ0) is 0. The van der Waals surface area contributed by atoms with E-state index < -0.39 is 0 Å². The average Bonchev–Trinajstić information content (AvgIpc) is 0. The number of rotatable bonds is 0. The molecule has 0 aromatic carbocycles. The zero-order valence-corrected chi connectivity index (χ0v) is 9.88. The van der Waals surface area contributed by atoms with Crippen LogP contribution in [0.5, 0.6) is 0 Å². The SMILES string of the molecule is [BiH3].[GaH3].[InH3].[Zn]. The Morgan fingerprint density at radius 3 is 1.00 bits per heavy atom. The van der Waals surface area contributed by atoms with Crippen LogP contribution in [0.3, 0.4) is 0 Å². The largest absolute Gasteiger partial charge is 0 e. The predicted molar refractivity (Wildman–Crippen MR) is 29.8 cm³/mol. The fourth-order valence-electron chi connectivity index (χ4n) is 0. The Hall–Kier alpha value is 3.01. The van der Waals surface area contributed by atoms with Crippen LogP contribution >= 0.6 is 0 Å². The van der Waals surface area contributed by atoms with Gasteiger partial charge in [0.2, 0.25) is 0 Å². The first-order valence-corrected chi connectivity index (χ1v) is 0. The molecule has 0 heterocycles. The van der Waals surface area contributed by atoms with Gasteiger partial charge in [0, 0.05) is 19.5 Å². The van der Waals surface area contributed by atoms with Gasteiger partial charge in [0.25, 0.3) is 0 Å². The monoisotopic (exact) mass is 466 g/mol.